The van der Waals surface area contributed by atoms with Gasteiger partial charge in [-0.1, -0.05) is 6.58 Å². The first kappa shape index (κ1) is 21.2. The third-order valence-electron chi connectivity index (χ3n) is 5.22. The van der Waals surface area contributed by atoms with Gasteiger partial charge in [0.15, 0.2) is 11.5 Å². The average molecular weight is 439 g/mol. The van der Waals surface area contributed by atoms with Crippen molar-refractivity contribution in [2.75, 3.05) is 32.0 Å². The normalized spacial score (nSPS) is 17.2. The van der Waals surface area contributed by atoms with E-state index in [1.807, 2.05) is 0 Å². The van der Waals surface area contributed by atoms with E-state index in [0.29, 0.717) is 40.1 Å². The standard InChI is InChI=1S/C22H22FN5O4/c1-12-18(21(29)27-15-7-5-14(23)6-8-15)19(28-22(26-12)24-11-25-28)13-9-16(30-2)20(32-4)17(10-13)31-3/h5-11,18-19H,1H2,2-4H3,(H,27,29)(H,24,25,26)/t18-,19+/m0/s1. The van der Waals surface area contributed by atoms with Gasteiger partial charge in [0, 0.05) is 11.4 Å². The maximum absolute atomic E-state index is 13.4. The molecule has 0 aliphatic carbocycles. The van der Waals surface area contributed by atoms with Crippen molar-refractivity contribution in [1.82, 2.24) is 14.8 Å². The summed E-state index contributed by atoms with van der Waals surface area (Å²) in [7, 11) is 4.55. The van der Waals surface area contributed by atoms with Crippen LogP contribution in [0.3, 0.4) is 0 Å². The van der Waals surface area contributed by atoms with Crippen molar-refractivity contribution >= 4 is 17.5 Å². The van der Waals surface area contributed by atoms with Crippen LogP contribution in [0.25, 0.3) is 0 Å². The van der Waals surface area contributed by atoms with Crippen molar-refractivity contribution in [3.63, 3.8) is 0 Å². The highest BCUT2D eigenvalue weighted by atomic mass is 19.1. The van der Waals surface area contributed by atoms with E-state index in [1.54, 1.807) is 16.8 Å². The number of hydrogen-bond acceptors (Lipinski definition) is 7. The molecule has 0 spiro atoms. The molecule has 1 aliphatic rings. The first-order chi connectivity index (χ1) is 15.5. The number of hydrogen-bond donors (Lipinski definition) is 2. The molecule has 0 saturated carbocycles. The Morgan fingerprint density at radius 2 is 1.78 bits per heavy atom. The fourth-order valence-electron chi connectivity index (χ4n) is 3.76. The van der Waals surface area contributed by atoms with E-state index >= 15 is 0 Å². The molecule has 166 valence electrons. The number of benzene rings is 2. The van der Waals surface area contributed by atoms with E-state index in [1.165, 1.54) is 51.9 Å². The third-order valence-corrected chi connectivity index (χ3v) is 5.22. The molecule has 1 aromatic heterocycles. The van der Waals surface area contributed by atoms with E-state index in [-0.39, 0.29) is 5.91 Å². The number of anilines is 2. The fourth-order valence-corrected chi connectivity index (χ4v) is 3.76. The number of amides is 1. The molecular weight excluding hydrogens is 417 g/mol. The summed E-state index contributed by atoms with van der Waals surface area (Å²) in [6, 6.07) is 8.42. The molecule has 1 aliphatic heterocycles. The number of nitrogens with zero attached hydrogens (tertiary/aromatic N) is 3. The van der Waals surface area contributed by atoms with Crippen LogP contribution in [-0.4, -0.2) is 42.0 Å². The Morgan fingerprint density at radius 3 is 2.38 bits per heavy atom. The minimum Gasteiger partial charge on any atom is -0.493 e. The molecule has 0 saturated heterocycles. The Morgan fingerprint density at radius 1 is 1.12 bits per heavy atom. The molecule has 0 fully saturated rings. The van der Waals surface area contributed by atoms with E-state index < -0.39 is 17.8 Å². The van der Waals surface area contributed by atoms with Crippen molar-refractivity contribution in [1.29, 1.82) is 0 Å². The van der Waals surface area contributed by atoms with Gasteiger partial charge in [0.05, 0.1) is 27.4 Å². The zero-order chi connectivity index (χ0) is 22.8. The van der Waals surface area contributed by atoms with Crippen molar-refractivity contribution in [2.45, 2.75) is 6.04 Å². The quantitative estimate of drug-likeness (QED) is 0.608. The van der Waals surface area contributed by atoms with Crippen LogP contribution in [-0.2, 0) is 4.79 Å². The van der Waals surface area contributed by atoms with Gasteiger partial charge in [-0.3, -0.25) is 4.79 Å². The number of rotatable bonds is 6. The van der Waals surface area contributed by atoms with Gasteiger partial charge in [-0.15, -0.1) is 0 Å². The Bertz CT molecular complexity index is 1140. The number of carbonyl (C=O) groups is 1. The van der Waals surface area contributed by atoms with E-state index in [2.05, 4.69) is 27.3 Å². The summed E-state index contributed by atoms with van der Waals surface area (Å²) >= 11 is 0. The molecule has 0 radical (unpaired) electrons. The summed E-state index contributed by atoms with van der Waals surface area (Å²) < 4.78 is 31.3. The van der Waals surface area contributed by atoms with Crippen molar-refractivity contribution < 1.29 is 23.4 Å². The lowest BCUT2D eigenvalue weighted by atomic mass is 9.88. The van der Waals surface area contributed by atoms with Gasteiger partial charge in [0.1, 0.15) is 18.1 Å². The van der Waals surface area contributed by atoms with Crippen LogP contribution in [0.5, 0.6) is 17.2 Å². The number of carbonyl (C=O) groups excluding carboxylic acids is 1. The first-order valence-electron chi connectivity index (χ1n) is 9.68. The van der Waals surface area contributed by atoms with E-state index in [4.69, 9.17) is 14.2 Å². The molecule has 1 amide bonds. The molecule has 2 atom stereocenters. The van der Waals surface area contributed by atoms with Crippen molar-refractivity contribution in [2.24, 2.45) is 5.92 Å². The smallest absolute Gasteiger partial charge is 0.235 e. The number of methoxy groups -OCH3 is 3. The summed E-state index contributed by atoms with van der Waals surface area (Å²) in [4.78, 5) is 17.6. The van der Waals surface area contributed by atoms with Crippen LogP contribution < -0.4 is 24.8 Å². The highest BCUT2D eigenvalue weighted by molar-refractivity contribution is 5.95. The molecule has 2 N–H and O–H groups in total. The number of fused-ring (bicyclic) bond motifs is 1. The number of aromatic nitrogens is 3. The van der Waals surface area contributed by atoms with Crippen LogP contribution in [0.2, 0.25) is 0 Å². The molecule has 32 heavy (non-hydrogen) atoms. The fraction of sp³-hybridized carbons (Fsp3) is 0.227. The van der Waals surface area contributed by atoms with Crippen molar-refractivity contribution in [3.05, 3.63) is 66.4 Å². The summed E-state index contributed by atoms with van der Waals surface area (Å²) in [5, 5.41) is 10.2. The minimum atomic E-state index is -0.780. The van der Waals surface area contributed by atoms with Gasteiger partial charge in [0.25, 0.3) is 0 Å². The highest BCUT2D eigenvalue weighted by Crippen LogP contribution is 2.44. The third kappa shape index (κ3) is 3.70. The van der Waals surface area contributed by atoms with Crippen LogP contribution in [0.1, 0.15) is 11.6 Å². The van der Waals surface area contributed by atoms with Crippen LogP contribution in [0.4, 0.5) is 16.0 Å². The lowest BCUT2D eigenvalue weighted by Gasteiger charge is -2.34. The second-order valence-electron chi connectivity index (χ2n) is 7.06. The summed E-state index contributed by atoms with van der Waals surface area (Å²) in [5.74, 6) is 0.216. The predicted molar refractivity (Wildman–Crippen MR) is 116 cm³/mol. The Balaban J connectivity index is 1.80. The van der Waals surface area contributed by atoms with Gasteiger partial charge >= 0.3 is 0 Å². The summed E-state index contributed by atoms with van der Waals surface area (Å²) in [6.45, 7) is 4.05. The SMILES string of the molecule is C=C1Nc2ncnn2[C@H](c2cc(OC)c(OC)c(OC)c2)[C@H]1C(=O)Nc1ccc(F)cc1. The Labute approximate surface area is 183 Å². The average Bonchev–Trinajstić information content (AvgIpc) is 3.26. The maximum Gasteiger partial charge on any atom is 0.235 e. The predicted octanol–water partition coefficient (Wildman–Crippen LogP) is 3.23. The topological polar surface area (TPSA) is 99.5 Å². The molecule has 3 aromatic rings. The number of ether oxygens (including phenoxy) is 3. The molecule has 2 heterocycles. The second-order valence-corrected chi connectivity index (χ2v) is 7.06. The molecule has 10 heteroatoms. The molecule has 0 bridgehead atoms. The number of nitrogens with one attached hydrogen (secondary N) is 2. The summed E-state index contributed by atoms with van der Waals surface area (Å²) in [5.41, 5.74) is 1.56. The first-order valence-corrected chi connectivity index (χ1v) is 9.68. The van der Waals surface area contributed by atoms with E-state index in [9.17, 15) is 9.18 Å². The lowest BCUT2D eigenvalue weighted by molar-refractivity contribution is -0.119. The zero-order valence-electron chi connectivity index (χ0n) is 17.8. The highest BCUT2D eigenvalue weighted by Gasteiger charge is 2.40. The van der Waals surface area contributed by atoms with Gasteiger partial charge in [0.2, 0.25) is 17.6 Å². The second kappa shape index (κ2) is 8.58. The van der Waals surface area contributed by atoms with Crippen LogP contribution in [0.15, 0.2) is 55.0 Å². The molecular formula is C22H22FN5O4. The van der Waals surface area contributed by atoms with Gasteiger partial charge in [-0.2, -0.15) is 10.1 Å². The largest absolute Gasteiger partial charge is 0.493 e. The van der Waals surface area contributed by atoms with Gasteiger partial charge in [-0.25, -0.2) is 9.07 Å². The zero-order valence-corrected chi connectivity index (χ0v) is 17.8. The molecule has 4 rings (SSSR count). The van der Waals surface area contributed by atoms with Gasteiger partial charge in [-0.05, 0) is 42.0 Å². The monoisotopic (exact) mass is 439 g/mol. The van der Waals surface area contributed by atoms with Crippen molar-refractivity contribution in [3.8, 4) is 17.2 Å². The molecule has 2 aromatic carbocycles. The minimum absolute atomic E-state index is 0.353. The molecule has 9 nitrogen and oxygen atoms in total. The Hall–Kier alpha value is -4.08. The van der Waals surface area contributed by atoms with Crippen LogP contribution in [0, 0.1) is 11.7 Å². The van der Waals surface area contributed by atoms with Crippen LogP contribution >= 0.6 is 0 Å². The molecule has 0 unspecified atom stereocenters. The number of halogens is 1. The summed E-state index contributed by atoms with van der Waals surface area (Å²) in [6.07, 6.45) is 1.39. The van der Waals surface area contributed by atoms with Gasteiger partial charge < -0.3 is 24.8 Å². The maximum atomic E-state index is 13.4. The lowest BCUT2D eigenvalue weighted by Crippen LogP contribution is -2.39. The van der Waals surface area contributed by atoms with E-state index in [0.717, 1.165) is 0 Å². The Kier molecular flexibility index (Phi) is 5.67.